The lowest BCUT2D eigenvalue weighted by atomic mass is 10.2. The number of hydrogen-bond donors (Lipinski definition) is 0. The minimum absolute atomic E-state index is 0.262. The van der Waals surface area contributed by atoms with Crippen molar-refractivity contribution in [3.05, 3.63) is 123 Å². The zero-order valence-corrected chi connectivity index (χ0v) is 20.6. The number of aliphatic imine (C=N–C) groups is 1. The van der Waals surface area contributed by atoms with E-state index >= 15 is 0 Å². The zero-order valence-electron chi connectivity index (χ0n) is 19.8. The normalized spacial score (nSPS) is 16.1. The number of para-hydroxylation sites is 1. The number of nitrogens with zero attached hydrogens (tertiary/aromatic N) is 5. The maximum Gasteiger partial charge on any atom is 0.297 e. The van der Waals surface area contributed by atoms with E-state index in [1.807, 2.05) is 105 Å². The Kier molecular flexibility index (Phi) is 6.51. The molecule has 0 saturated carbocycles. The Morgan fingerprint density at radius 3 is 2.03 bits per heavy atom. The van der Waals surface area contributed by atoms with Crippen molar-refractivity contribution in [3.63, 3.8) is 0 Å². The van der Waals surface area contributed by atoms with Crippen LogP contribution in [0.4, 0.5) is 5.69 Å². The van der Waals surface area contributed by atoms with Gasteiger partial charge in [0.05, 0.1) is 22.5 Å². The van der Waals surface area contributed by atoms with Crippen molar-refractivity contribution in [1.82, 2.24) is 14.4 Å². The molecule has 0 unspecified atom stereocenters. The van der Waals surface area contributed by atoms with Crippen LogP contribution in [0.2, 0.25) is 0 Å². The van der Waals surface area contributed by atoms with Crippen LogP contribution >= 0.6 is 11.8 Å². The van der Waals surface area contributed by atoms with E-state index in [0.717, 1.165) is 16.8 Å². The van der Waals surface area contributed by atoms with Crippen molar-refractivity contribution in [2.24, 2.45) is 17.1 Å². The van der Waals surface area contributed by atoms with Gasteiger partial charge in [0.25, 0.3) is 11.5 Å². The largest absolute Gasteiger partial charge is 0.297 e. The summed E-state index contributed by atoms with van der Waals surface area (Å²) in [7, 11) is 1.81. The Balaban J connectivity index is 1.60. The van der Waals surface area contributed by atoms with E-state index in [1.165, 1.54) is 16.8 Å². The molecule has 0 N–H and O–H groups in total. The molecule has 1 aliphatic rings. The Labute approximate surface area is 212 Å². The van der Waals surface area contributed by atoms with Crippen molar-refractivity contribution >= 4 is 40.8 Å². The number of hydrogen-bond acceptors (Lipinski definition) is 5. The number of rotatable bonds is 5. The number of amides is 1. The first-order valence-electron chi connectivity index (χ1n) is 11.3. The molecule has 0 bridgehead atoms. The summed E-state index contributed by atoms with van der Waals surface area (Å²) in [6, 6.07) is 28.5. The number of hydrazone groups is 1. The highest BCUT2D eigenvalue weighted by Gasteiger charge is 2.34. The van der Waals surface area contributed by atoms with Gasteiger partial charge in [-0.05, 0) is 48.0 Å². The van der Waals surface area contributed by atoms with Crippen LogP contribution in [0.5, 0.6) is 0 Å². The second-order valence-corrected chi connectivity index (χ2v) is 9.11. The first-order chi connectivity index (χ1) is 17.5. The summed E-state index contributed by atoms with van der Waals surface area (Å²) in [6.45, 7) is 1.83. The summed E-state index contributed by atoms with van der Waals surface area (Å²) in [5.74, 6) is -0.299. The summed E-state index contributed by atoms with van der Waals surface area (Å²) < 4.78 is 3.32. The molecule has 1 saturated heterocycles. The second-order valence-electron chi connectivity index (χ2n) is 8.10. The predicted octanol–water partition coefficient (Wildman–Crippen LogP) is 5.12. The first-order valence-corrected chi connectivity index (χ1v) is 12.2. The maximum atomic E-state index is 13.4. The molecular formula is C28H23N5O2S. The van der Waals surface area contributed by atoms with Crippen LogP contribution in [-0.2, 0) is 11.8 Å². The summed E-state index contributed by atoms with van der Waals surface area (Å²) >= 11 is 1.20. The number of thioether (sulfide) groups is 1. The summed E-state index contributed by atoms with van der Waals surface area (Å²) in [5, 5.41) is 6.02. The molecule has 0 atom stereocenters. The van der Waals surface area contributed by atoms with Crippen LogP contribution in [0.25, 0.3) is 11.8 Å². The molecule has 4 aromatic rings. The molecular weight excluding hydrogens is 470 g/mol. The van der Waals surface area contributed by atoms with Crippen molar-refractivity contribution in [2.75, 3.05) is 0 Å². The van der Waals surface area contributed by atoms with Gasteiger partial charge < -0.3 is 0 Å². The quantitative estimate of drug-likeness (QED) is 0.286. The van der Waals surface area contributed by atoms with E-state index in [2.05, 4.69) is 10.1 Å². The van der Waals surface area contributed by atoms with Crippen molar-refractivity contribution in [2.45, 2.75) is 6.92 Å². The molecule has 7 nitrogen and oxygen atoms in total. The standard InChI is InChI=1S/C28H23N5O2S/c1-20-25(27(35)33(31(20)2)23-16-10-5-11-17-23)30-28-32(29-19-22-14-8-4-9-15-22)26(34)24(36-28)18-21-12-6-3-7-13-21/h3-19H,1-2H3. The van der Waals surface area contributed by atoms with Crippen LogP contribution < -0.4 is 5.56 Å². The molecule has 0 aliphatic carbocycles. The molecule has 2 heterocycles. The molecule has 1 amide bonds. The van der Waals surface area contributed by atoms with Crippen LogP contribution in [0, 0.1) is 6.92 Å². The number of carbonyl (C=O) groups is 1. The fourth-order valence-corrected chi connectivity index (χ4v) is 4.70. The van der Waals surface area contributed by atoms with Crippen molar-refractivity contribution in [3.8, 4) is 5.69 Å². The van der Waals surface area contributed by atoms with E-state index in [4.69, 9.17) is 0 Å². The third-order valence-corrected chi connectivity index (χ3v) is 6.70. The highest BCUT2D eigenvalue weighted by atomic mass is 32.2. The van der Waals surface area contributed by atoms with Gasteiger partial charge in [-0.25, -0.2) is 9.67 Å². The average Bonchev–Trinajstić information content (AvgIpc) is 3.31. The number of amidine groups is 1. The van der Waals surface area contributed by atoms with Gasteiger partial charge in [0.15, 0.2) is 10.9 Å². The lowest BCUT2D eigenvalue weighted by Gasteiger charge is -2.08. The SMILES string of the molecule is Cc1c(N=C2SC(=Cc3ccccc3)C(=O)N2N=Cc2ccccc2)c(=O)n(-c2ccccc2)n1C. The molecule has 1 aromatic heterocycles. The fraction of sp³-hybridized carbons (Fsp3) is 0.0714. The summed E-state index contributed by atoms with van der Waals surface area (Å²) in [6.07, 6.45) is 3.42. The molecule has 1 fully saturated rings. The maximum absolute atomic E-state index is 13.4. The van der Waals surface area contributed by atoms with Crippen molar-refractivity contribution < 1.29 is 4.79 Å². The van der Waals surface area contributed by atoms with Gasteiger partial charge in [-0.2, -0.15) is 10.1 Å². The topological polar surface area (TPSA) is 72.0 Å². The molecule has 3 aromatic carbocycles. The third-order valence-electron chi connectivity index (χ3n) is 5.74. The highest BCUT2D eigenvalue weighted by molar-refractivity contribution is 8.18. The van der Waals surface area contributed by atoms with Crippen LogP contribution in [0.1, 0.15) is 16.8 Å². The number of benzene rings is 3. The Hall–Kier alpha value is -4.43. The minimum Gasteiger partial charge on any atom is -0.283 e. The first kappa shape index (κ1) is 23.3. The Bertz CT molecular complexity index is 1550. The van der Waals surface area contributed by atoms with Gasteiger partial charge in [-0.3, -0.25) is 14.3 Å². The molecule has 1 aliphatic heterocycles. The average molecular weight is 494 g/mol. The Morgan fingerprint density at radius 2 is 1.39 bits per heavy atom. The molecule has 5 rings (SSSR count). The zero-order chi connectivity index (χ0) is 25.1. The van der Waals surface area contributed by atoms with E-state index in [9.17, 15) is 9.59 Å². The van der Waals surface area contributed by atoms with Gasteiger partial charge in [-0.15, -0.1) is 0 Å². The Morgan fingerprint density at radius 1 is 0.806 bits per heavy atom. The lowest BCUT2D eigenvalue weighted by Crippen LogP contribution is -2.24. The van der Waals surface area contributed by atoms with Gasteiger partial charge in [0.2, 0.25) is 0 Å². The second kappa shape index (κ2) is 10.1. The number of carbonyl (C=O) groups excluding carboxylic acids is 1. The van der Waals surface area contributed by atoms with Gasteiger partial charge >= 0.3 is 0 Å². The van der Waals surface area contributed by atoms with E-state index in [1.54, 1.807) is 21.7 Å². The molecule has 36 heavy (non-hydrogen) atoms. The monoisotopic (exact) mass is 493 g/mol. The van der Waals surface area contributed by atoms with E-state index < -0.39 is 0 Å². The smallest absolute Gasteiger partial charge is 0.283 e. The van der Waals surface area contributed by atoms with Gasteiger partial charge in [-0.1, -0.05) is 78.9 Å². The van der Waals surface area contributed by atoms with Crippen LogP contribution in [0.15, 0.2) is 111 Å². The van der Waals surface area contributed by atoms with Crippen LogP contribution in [-0.4, -0.2) is 31.7 Å². The van der Waals surface area contributed by atoms with Gasteiger partial charge in [0, 0.05) is 7.05 Å². The lowest BCUT2D eigenvalue weighted by molar-refractivity contribution is -0.122. The summed E-state index contributed by atoms with van der Waals surface area (Å²) in [5.41, 5.74) is 3.14. The third kappa shape index (κ3) is 4.58. The highest BCUT2D eigenvalue weighted by Crippen LogP contribution is 2.34. The minimum atomic E-state index is -0.299. The van der Waals surface area contributed by atoms with E-state index in [0.29, 0.717) is 15.8 Å². The predicted molar refractivity (Wildman–Crippen MR) is 146 cm³/mol. The number of aromatic nitrogens is 2. The van der Waals surface area contributed by atoms with Gasteiger partial charge in [0.1, 0.15) is 0 Å². The molecule has 8 heteroatoms. The molecule has 0 spiro atoms. The molecule has 0 radical (unpaired) electrons. The van der Waals surface area contributed by atoms with E-state index in [-0.39, 0.29) is 17.2 Å². The molecule has 178 valence electrons. The fourth-order valence-electron chi connectivity index (χ4n) is 3.78. The van der Waals surface area contributed by atoms with Crippen LogP contribution in [0.3, 0.4) is 0 Å². The summed E-state index contributed by atoms with van der Waals surface area (Å²) in [4.78, 5) is 31.9. The van der Waals surface area contributed by atoms with Crippen molar-refractivity contribution in [1.29, 1.82) is 0 Å².